The number of rotatable bonds is 6. The lowest BCUT2D eigenvalue weighted by Gasteiger charge is -2.31. The van der Waals surface area contributed by atoms with E-state index < -0.39 is 22.1 Å². The summed E-state index contributed by atoms with van der Waals surface area (Å²) < 4.78 is 30.1. The molecule has 3 aromatic rings. The highest BCUT2D eigenvalue weighted by molar-refractivity contribution is 9.10. The molecule has 7 heteroatoms. The van der Waals surface area contributed by atoms with E-state index in [1.165, 1.54) is 4.31 Å². The lowest BCUT2D eigenvalue weighted by Crippen LogP contribution is -2.38. The van der Waals surface area contributed by atoms with Crippen LogP contribution in [0.3, 0.4) is 0 Å². The fourth-order valence-electron chi connectivity index (χ4n) is 4.09. The van der Waals surface area contributed by atoms with Gasteiger partial charge >= 0.3 is 0 Å². The van der Waals surface area contributed by atoms with E-state index in [-0.39, 0.29) is 10.7 Å². The molecule has 2 atom stereocenters. The molecule has 0 saturated carbocycles. The van der Waals surface area contributed by atoms with Crippen molar-refractivity contribution in [1.82, 2.24) is 4.31 Å². The number of aryl methyl sites for hydroxylation is 1. The van der Waals surface area contributed by atoms with Crippen LogP contribution in [0.5, 0.6) is 0 Å². The molecule has 0 saturated heterocycles. The fourth-order valence-corrected chi connectivity index (χ4v) is 6.28. The predicted molar refractivity (Wildman–Crippen MR) is 135 cm³/mol. The molecular formula is C26H23BrClNO3S. The predicted octanol–water partition coefficient (Wildman–Crippen LogP) is 6.74. The lowest BCUT2D eigenvalue weighted by molar-refractivity contribution is 0.102. The van der Waals surface area contributed by atoms with Crippen LogP contribution in [0, 0.1) is 6.92 Å². The Morgan fingerprint density at radius 1 is 0.970 bits per heavy atom. The molecule has 0 unspecified atom stereocenters. The van der Waals surface area contributed by atoms with E-state index in [0.29, 0.717) is 28.1 Å². The van der Waals surface area contributed by atoms with Crippen molar-refractivity contribution in [2.24, 2.45) is 0 Å². The number of ketones is 1. The molecule has 0 N–H and O–H groups in total. The van der Waals surface area contributed by atoms with Crippen LogP contribution in [0.15, 0.2) is 93.8 Å². The Morgan fingerprint density at radius 2 is 1.58 bits per heavy atom. The Kier molecular flexibility index (Phi) is 6.91. The molecule has 0 amide bonds. The Labute approximate surface area is 208 Å². The monoisotopic (exact) mass is 543 g/mol. The van der Waals surface area contributed by atoms with Gasteiger partial charge in [0, 0.05) is 26.7 Å². The van der Waals surface area contributed by atoms with Gasteiger partial charge in [-0.05, 0) is 67.4 Å². The second-order valence-corrected chi connectivity index (χ2v) is 11.2. The van der Waals surface area contributed by atoms with Crippen LogP contribution in [0.25, 0.3) is 0 Å². The van der Waals surface area contributed by atoms with E-state index in [1.807, 2.05) is 13.8 Å². The van der Waals surface area contributed by atoms with Gasteiger partial charge in [0.1, 0.15) is 0 Å². The lowest BCUT2D eigenvalue weighted by atomic mass is 9.94. The average Bonchev–Trinajstić information content (AvgIpc) is 3.20. The summed E-state index contributed by atoms with van der Waals surface area (Å²) in [5, 5.41) is 0.543. The summed E-state index contributed by atoms with van der Waals surface area (Å²) in [7, 11) is -3.89. The number of Topliss-reactive ketones (excluding diaryl/α,β-unsaturated/α-hetero) is 1. The number of hydrogen-bond donors (Lipinski definition) is 0. The topological polar surface area (TPSA) is 54.5 Å². The molecule has 0 aromatic heterocycles. The van der Waals surface area contributed by atoms with Crippen LogP contribution < -0.4 is 0 Å². The van der Waals surface area contributed by atoms with Crippen molar-refractivity contribution in [2.75, 3.05) is 0 Å². The Hall–Kier alpha value is -2.25. The first kappa shape index (κ1) is 23.9. The molecule has 0 fully saturated rings. The van der Waals surface area contributed by atoms with E-state index in [2.05, 4.69) is 15.9 Å². The number of benzene rings is 3. The molecule has 0 radical (unpaired) electrons. The molecule has 4 rings (SSSR count). The first-order valence-corrected chi connectivity index (χ1v) is 13.2. The second-order valence-electron chi connectivity index (χ2n) is 8.04. The van der Waals surface area contributed by atoms with Gasteiger partial charge in [0.2, 0.25) is 10.0 Å². The molecule has 0 aliphatic carbocycles. The van der Waals surface area contributed by atoms with Crippen molar-refractivity contribution >= 4 is 43.3 Å². The van der Waals surface area contributed by atoms with Crippen molar-refractivity contribution in [3.63, 3.8) is 0 Å². The van der Waals surface area contributed by atoms with Gasteiger partial charge in [0.25, 0.3) is 0 Å². The molecule has 1 aliphatic rings. The fraction of sp³-hybridized carbons (Fsp3) is 0.192. The SMILES string of the molecule is CC[C@@H]1C=C(C(=O)c2ccc(Br)cc2)[C@H](c2ccc(Cl)cc2)N1S(=O)(=O)c1ccc(C)cc1. The summed E-state index contributed by atoms with van der Waals surface area (Å²) in [6, 6.07) is 19.7. The Bertz CT molecular complexity index is 1300. The standard InChI is InChI=1S/C26H23BrClNO3S/c1-3-22-16-24(26(30)19-6-10-20(27)11-7-19)25(18-8-12-21(28)13-9-18)29(22)33(31,32)23-14-4-17(2)5-15-23/h4-16,22,25H,3H2,1-2H3/t22-,25+/m1/s1. The molecule has 33 heavy (non-hydrogen) atoms. The molecule has 4 nitrogen and oxygen atoms in total. The second kappa shape index (κ2) is 9.55. The van der Waals surface area contributed by atoms with Crippen LogP contribution in [-0.2, 0) is 10.0 Å². The molecule has 0 bridgehead atoms. The minimum Gasteiger partial charge on any atom is -0.289 e. The van der Waals surface area contributed by atoms with Crippen molar-refractivity contribution in [2.45, 2.75) is 37.2 Å². The minimum absolute atomic E-state index is 0.192. The first-order chi connectivity index (χ1) is 15.7. The number of hydrogen-bond acceptors (Lipinski definition) is 3. The maximum absolute atomic E-state index is 13.9. The van der Waals surface area contributed by atoms with Crippen molar-refractivity contribution in [3.05, 3.63) is 111 Å². The zero-order chi connectivity index (χ0) is 23.8. The van der Waals surface area contributed by atoms with E-state index >= 15 is 0 Å². The van der Waals surface area contributed by atoms with Gasteiger partial charge in [0.05, 0.1) is 10.9 Å². The first-order valence-electron chi connectivity index (χ1n) is 10.6. The molecule has 0 spiro atoms. The third kappa shape index (κ3) is 4.71. The number of carbonyl (C=O) groups is 1. The van der Waals surface area contributed by atoms with Crippen LogP contribution in [0.4, 0.5) is 0 Å². The van der Waals surface area contributed by atoms with E-state index in [9.17, 15) is 13.2 Å². The Morgan fingerprint density at radius 3 is 2.15 bits per heavy atom. The summed E-state index contributed by atoms with van der Waals surface area (Å²) in [5.41, 5.74) is 2.62. The highest BCUT2D eigenvalue weighted by Crippen LogP contribution is 2.43. The quantitative estimate of drug-likeness (QED) is 0.323. The normalized spacial score (nSPS) is 18.8. The summed E-state index contributed by atoms with van der Waals surface area (Å²) in [4.78, 5) is 13.8. The van der Waals surface area contributed by atoms with Gasteiger partial charge in [-0.3, -0.25) is 4.79 Å². The average molecular weight is 545 g/mol. The summed E-state index contributed by atoms with van der Waals surface area (Å²) in [6.07, 6.45) is 2.34. The minimum atomic E-state index is -3.89. The third-order valence-corrected chi connectivity index (χ3v) is 8.50. The van der Waals surface area contributed by atoms with Gasteiger partial charge in [-0.15, -0.1) is 0 Å². The molecular weight excluding hydrogens is 522 g/mol. The van der Waals surface area contributed by atoms with Crippen molar-refractivity contribution in [3.8, 4) is 0 Å². The third-order valence-electron chi connectivity index (χ3n) is 5.82. The Balaban J connectivity index is 1.86. The van der Waals surface area contributed by atoms with Gasteiger partial charge in [0.15, 0.2) is 5.78 Å². The van der Waals surface area contributed by atoms with Gasteiger partial charge in [-0.1, -0.05) is 70.4 Å². The van der Waals surface area contributed by atoms with Gasteiger partial charge in [-0.2, -0.15) is 4.31 Å². The van der Waals surface area contributed by atoms with E-state index in [4.69, 9.17) is 11.6 Å². The van der Waals surface area contributed by atoms with Crippen LogP contribution in [-0.4, -0.2) is 24.5 Å². The molecule has 170 valence electrons. The maximum Gasteiger partial charge on any atom is 0.244 e. The van der Waals surface area contributed by atoms with Crippen molar-refractivity contribution in [1.29, 1.82) is 0 Å². The van der Waals surface area contributed by atoms with Crippen molar-refractivity contribution < 1.29 is 13.2 Å². The molecule has 1 heterocycles. The number of carbonyl (C=O) groups excluding carboxylic acids is 1. The summed E-state index contributed by atoms with van der Waals surface area (Å²) in [5.74, 6) is -0.192. The number of nitrogens with zero attached hydrogens (tertiary/aromatic N) is 1. The molecule has 1 aliphatic heterocycles. The summed E-state index contributed by atoms with van der Waals surface area (Å²) in [6.45, 7) is 3.83. The maximum atomic E-state index is 13.9. The van der Waals surface area contributed by atoms with Crippen LogP contribution >= 0.6 is 27.5 Å². The zero-order valence-corrected chi connectivity index (χ0v) is 21.4. The van der Waals surface area contributed by atoms with Gasteiger partial charge in [-0.25, -0.2) is 8.42 Å². The highest BCUT2D eigenvalue weighted by Gasteiger charge is 2.45. The number of sulfonamides is 1. The smallest absolute Gasteiger partial charge is 0.244 e. The van der Waals surface area contributed by atoms with E-state index in [1.54, 1.807) is 78.9 Å². The van der Waals surface area contributed by atoms with E-state index in [0.717, 1.165) is 10.0 Å². The van der Waals surface area contributed by atoms with Crippen LogP contribution in [0.2, 0.25) is 5.02 Å². The van der Waals surface area contributed by atoms with Crippen LogP contribution in [0.1, 0.15) is 40.9 Å². The summed E-state index contributed by atoms with van der Waals surface area (Å²) >= 11 is 9.50. The van der Waals surface area contributed by atoms with Gasteiger partial charge < -0.3 is 0 Å². The molecule has 3 aromatic carbocycles. The largest absolute Gasteiger partial charge is 0.289 e. The zero-order valence-electron chi connectivity index (χ0n) is 18.2. The number of halogens is 2. The highest BCUT2D eigenvalue weighted by atomic mass is 79.9.